The van der Waals surface area contributed by atoms with Gasteiger partial charge in [0.15, 0.2) is 0 Å². The molecular weight excluding hydrogens is 158 g/mol. The maximum Gasteiger partial charge on any atom is 0.110 e. The summed E-state index contributed by atoms with van der Waals surface area (Å²) in [6.07, 6.45) is 0. The van der Waals surface area contributed by atoms with Crippen molar-refractivity contribution >= 4 is 11.3 Å². The largest absolute Gasteiger partial charge is 0.209 e. The lowest BCUT2D eigenvalue weighted by atomic mass is 10.3. The standard InChI is InChI=1S/C7H7N3S/c1-5(10-9)7-3-2-6(4-8)11-7/h2-3,5,9H,1H3. The van der Waals surface area contributed by atoms with Crippen molar-refractivity contribution in [2.45, 2.75) is 13.0 Å². The third-order valence-corrected chi connectivity index (χ3v) is 2.50. The Morgan fingerprint density at radius 2 is 2.45 bits per heavy atom. The summed E-state index contributed by atoms with van der Waals surface area (Å²) in [6.45, 7) is 1.83. The van der Waals surface area contributed by atoms with E-state index >= 15 is 0 Å². The van der Waals surface area contributed by atoms with Gasteiger partial charge in [0, 0.05) is 4.88 Å². The van der Waals surface area contributed by atoms with Crippen LogP contribution in [0.5, 0.6) is 0 Å². The second kappa shape index (κ2) is 3.26. The molecule has 1 atom stereocenters. The lowest BCUT2D eigenvalue weighted by Gasteiger charge is -1.96. The predicted molar refractivity (Wildman–Crippen MR) is 42.6 cm³/mol. The molecule has 3 nitrogen and oxygen atoms in total. The first kappa shape index (κ1) is 7.89. The summed E-state index contributed by atoms with van der Waals surface area (Å²) < 4.78 is 0. The topological polar surface area (TPSA) is 60.0 Å². The van der Waals surface area contributed by atoms with E-state index in [1.54, 1.807) is 6.07 Å². The Morgan fingerprint density at radius 1 is 1.73 bits per heavy atom. The van der Waals surface area contributed by atoms with Crippen molar-refractivity contribution in [3.63, 3.8) is 0 Å². The molecule has 0 spiro atoms. The highest BCUT2D eigenvalue weighted by molar-refractivity contribution is 7.12. The quantitative estimate of drug-likeness (QED) is 0.673. The molecule has 1 N–H and O–H groups in total. The summed E-state index contributed by atoms with van der Waals surface area (Å²) in [6, 6.07) is 5.52. The molecule has 0 aliphatic heterocycles. The zero-order valence-electron chi connectivity index (χ0n) is 6.03. The van der Waals surface area contributed by atoms with Crippen LogP contribution in [0.15, 0.2) is 17.2 Å². The van der Waals surface area contributed by atoms with Crippen LogP contribution >= 0.6 is 11.3 Å². The van der Waals surface area contributed by atoms with Gasteiger partial charge in [-0.15, -0.1) is 11.3 Å². The second-order valence-corrected chi connectivity index (χ2v) is 3.23. The molecular formula is C7H7N3S. The Kier molecular flexibility index (Phi) is 2.34. The van der Waals surface area contributed by atoms with Gasteiger partial charge in [0.25, 0.3) is 0 Å². The molecule has 1 unspecified atom stereocenters. The molecule has 0 saturated carbocycles. The van der Waals surface area contributed by atoms with Gasteiger partial charge in [0.05, 0.1) is 0 Å². The number of nitrogens with one attached hydrogen (secondary N) is 1. The summed E-state index contributed by atoms with van der Waals surface area (Å²) in [7, 11) is 0. The summed E-state index contributed by atoms with van der Waals surface area (Å²) in [5.74, 6) is 0. The van der Waals surface area contributed by atoms with E-state index in [0.717, 1.165) is 4.88 Å². The van der Waals surface area contributed by atoms with Crippen LogP contribution in [0.2, 0.25) is 0 Å². The van der Waals surface area contributed by atoms with Crippen LogP contribution in [-0.2, 0) is 0 Å². The fourth-order valence-corrected chi connectivity index (χ4v) is 1.50. The minimum atomic E-state index is -0.109. The molecule has 11 heavy (non-hydrogen) atoms. The maximum absolute atomic E-state index is 8.49. The van der Waals surface area contributed by atoms with Gasteiger partial charge in [-0.1, -0.05) is 0 Å². The van der Waals surface area contributed by atoms with Crippen molar-refractivity contribution in [3.05, 3.63) is 21.9 Å². The van der Waals surface area contributed by atoms with Crippen molar-refractivity contribution in [2.24, 2.45) is 5.11 Å². The fourth-order valence-electron chi connectivity index (χ4n) is 0.701. The maximum atomic E-state index is 8.49. The first-order chi connectivity index (χ1) is 5.27. The third-order valence-electron chi connectivity index (χ3n) is 1.34. The van der Waals surface area contributed by atoms with Gasteiger partial charge in [-0.25, -0.2) is 5.53 Å². The van der Waals surface area contributed by atoms with Crippen molar-refractivity contribution < 1.29 is 0 Å². The third kappa shape index (κ3) is 1.63. The van der Waals surface area contributed by atoms with Gasteiger partial charge in [0.1, 0.15) is 17.0 Å². The first-order valence-electron chi connectivity index (χ1n) is 3.14. The number of nitrogens with zero attached hydrogens (tertiary/aromatic N) is 2. The monoisotopic (exact) mass is 165 g/mol. The number of hydrogen-bond acceptors (Lipinski definition) is 4. The van der Waals surface area contributed by atoms with Gasteiger partial charge in [-0.05, 0) is 19.1 Å². The van der Waals surface area contributed by atoms with E-state index in [9.17, 15) is 0 Å². The highest BCUT2D eigenvalue weighted by Crippen LogP contribution is 2.24. The summed E-state index contributed by atoms with van der Waals surface area (Å²) in [4.78, 5) is 1.65. The Hall–Kier alpha value is -1.21. The van der Waals surface area contributed by atoms with Crippen LogP contribution in [0.3, 0.4) is 0 Å². The first-order valence-corrected chi connectivity index (χ1v) is 3.96. The van der Waals surface area contributed by atoms with E-state index in [1.807, 2.05) is 19.1 Å². The molecule has 0 radical (unpaired) electrons. The molecule has 56 valence electrons. The van der Waals surface area contributed by atoms with Crippen molar-refractivity contribution in [1.82, 2.24) is 0 Å². The lowest BCUT2D eigenvalue weighted by molar-refractivity contribution is 0.748. The van der Waals surface area contributed by atoms with Gasteiger partial charge in [-0.2, -0.15) is 10.4 Å². The predicted octanol–water partition coefficient (Wildman–Crippen LogP) is 2.71. The molecule has 4 heteroatoms. The molecule has 1 rings (SSSR count). The minimum absolute atomic E-state index is 0.109. The Bertz CT molecular complexity index is 297. The van der Waals surface area contributed by atoms with E-state index < -0.39 is 0 Å². The lowest BCUT2D eigenvalue weighted by Crippen LogP contribution is -1.79. The van der Waals surface area contributed by atoms with E-state index in [2.05, 4.69) is 5.11 Å². The van der Waals surface area contributed by atoms with Crippen LogP contribution in [0, 0.1) is 16.9 Å². The summed E-state index contributed by atoms with van der Waals surface area (Å²) >= 11 is 1.39. The van der Waals surface area contributed by atoms with Gasteiger partial charge >= 0.3 is 0 Å². The molecule has 0 aliphatic rings. The highest BCUT2D eigenvalue weighted by atomic mass is 32.1. The van der Waals surface area contributed by atoms with E-state index in [-0.39, 0.29) is 6.04 Å². The molecule has 0 bridgehead atoms. The average Bonchev–Trinajstić information content (AvgIpc) is 2.50. The fraction of sp³-hybridized carbons (Fsp3) is 0.286. The van der Waals surface area contributed by atoms with Gasteiger partial charge < -0.3 is 0 Å². The highest BCUT2D eigenvalue weighted by Gasteiger charge is 2.05. The normalized spacial score (nSPS) is 12.0. The Balaban J connectivity index is 2.90. The molecule has 1 aromatic rings. The molecule has 0 amide bonds. The van der Waals surface area contributed by atoms with Crippen molar-refractivity contribution in [2.75, 3.05) is 0 Å². The Morgan fingerprint density at radius 3 is 2.91 bits per heavy atom. The number of hydrogen-bond donors (Lipinski definition) is 1. The van der Waals surface area contributed by atoms with Crippen LogP contribution < -0.4 is 0 Å². The molecule has 0 saturated heterocycles. The zero-order valence-corrected chi connectivity index (χ0v) is 6.85. The molecule has 0 fully saturated rings. The Labute approximate surface area is 68.8 Å². The van der Waals surface area contributed by atoms with Crippen LogP contribution in [0.4, 0.5) is 0 Å². The van der Waals surface area contributed by atoms with Crippen LogP contribution in [0.25, 0.3) is 0 Å². The van der Waals surface area contributed by atoms with E-state index in [0.29, 0.717) is 4.88 Å². The molecule has 0 aromatic carbocycles. The van der Waals surface area contributed by atoms with Crippen molar-refractivity contribution in [3.8, 4) is 6.07 Å². The molecule has 1 aromatic heterocycles. The second-order valence-electron chi connectivity index (χ2n) is 2.12. The summed E-state index contributed by atoms with van der Waals surface area (Å²) in [5, 5.41) is 11.8. The smallest absolute Gasteiger partial charge is 0.110 e. The number of thiophene rings is 1. The van der Waals surface area contributed by atoms with Gasteiger partial charge in [0.2, 0.25) is 0 Å². The molecule has 1 heterocycles. The SMILES string of the molecule is CC(N=N)c1ccc(C#N)s1. The molecule has 0 aliphatic carbocycles. The minimum Gasteiger partial charge on any atom is -0.209 e. The van der Waals surface area contributed by atoms with E-state index in [1.165, 1.54) is 11.3 Å². The summed E-state index contributed by atoms with van der Waals surface area (Å²) in [5.41, 5.74) is 6.76. The van der Waals surface area contributed by atoms with Crippen LogP contribution in [0.1, 0.15) is 22.7 Å². The van der Waals surface area contributed by atoms with Crippen molar-refractivity contribution in [1.29, 1.82) is 10.8 Å². The van der Waals surface area contributed by atoms with E-state index in [4.69, 9.17) is 10.8 Å². The zero-order chi connectivity index (χ0) is 8.27. The number of rotatable bonds is 2. The average molecular weight is 165 g/mol. The van der Waals surface area contributed by atoms with Gasteiger partial charge in [-0.3, -0.25) is 0 Å². The number of nitriles is 1. The van der Waals surface area contributed by atoms with Crippen LogP contribution in [-0.4, -0.2) is 0 Å².